The Labute approximate surface area is 116 Å². The van der Waals surface area contributed by atoms with Crippen LogP contribution in [0.3, 0.4) is 0 Å². The van der Waals surface area contributed by atoms with Crippen LogP contribution in [0.5, 0.6) is 0 Å². The highest BCUT2D eigenvalue weighted by molar-refractivity contribution is 6.05. The Morgan fingerprint density at radius 1 is 1.20 bits per heavy atom. The van der Waals surface area contributed by atoms with Gasteiger partial charge in [-0.3, -0.25) is 4.79 Å². The van der Waals surface area contributed by atoms with Gasteiger partial charge in [-0.15, -0.1) is 0 Å². The SMILES string of the molecule is CCOC(=O)C(NC(=O)c1occc1C)C(=O)OCC. The largest absolute Gasteiger partial charge is 0.464 e. The van der Waals surface area contributed by atoms with Crippen LogP contribution in [0.2, 0.25) is 0 Å². The molecule has 1 rings (SSSR count). The van der Waals surface area contributed by atoms with E-state index in [2.05, 4.69) is 5.32 Å². The van der Waals surface area contributed by atoms with Crippen molar-refractivity contribution >= 4 is 17.8 Å². The fourth-order valence-electron chi connectivity index (χ4n) is 1.47. The Balaban J connectivity index is 2.84. The lowest BCUT2D eigenvalue weighted by atomic mass is 10.2. The van der Waals surface area contributed by atoms with Crippen LogP contribution in [0.1, 0.15) is 30.0 Å². The van der Waals surface area contributed by atoms with Gasteiger partial charge in [0.2, 0.25) is 6.04 Å². The number of hydrogen-bond donors (Lipinski definition) is 1. The van der Waals surface area contributed by atoms with Crippen molar-refractivity contribution in [1.29, 1.82) is 0 Å². The summed E-state index contributed by atoms with van der Waals surface area (Å²) in [6.07, 6.45) is 1.34. The summed E-state index contributed by atoms with van der Waals surface area (Å²) < 4.78 is 14.5. The molecule has 1 aromatic heterocycles. The van der Waals surface area contributed by atoms with Gasteiger partial charge in [-0.1, -0.05) is 0 Å². The van der Waals surface area contributed by atoms with Crippen molar-refractivity contribution in [2.45, 2.75) is 26.8 Å². The number of amides is 1. The number of ether oxygens (including phenoxy) is 2. The number of furan rings is 1. The third-order valence-corrected chi connectivity index (χ3v) is 2.39. The van der Waals surface area contributed by atoms with Crippen molar-refractivity contribution in [3.05, 3.63) is 23.7 Å². The van der Waals surface area contributed by atoms with Crippen LogP contribution in [0, 0.1) is 6.92 Å². The smallest absolute Gasteiger partial charge is 0.340 e. The van der Waals surface area contributed by atoms with Crippen molar-refractivity contribution in [3.63, 3.8) is 0 Å². The van der Waals surface area contributed by atoms with Gasteiger partial charge in [0.05, 0.1) is 19.5 Å². The predicted molar refractivity (Wildman–Crippen MR) is 68.0 cm³/mol. The summed E-state index contributed by atoms with van der Waals surface area (Å²) in [6.45, 7) is 5.04. The van der Waals surface area contributed by atoms with Gasteiger partial charge in [-0.05, 0) is 26.8 Å². The molecule has 1 heterocycles. The molecule has 0 aromatic carbocycles. The van der Waals surface area contributed by atoms with Gasteiger partial charge in [0.1, 0.15) is 0 Å². The predicted octanol–water partition coefficient (Wildman–Crippen LogP) is 0.813. The number of carbonyl (C=O) groups is 3. The minimum absolute atomic E-state index is 0.0311. The quantitative estimate of drug-likeness (QED) is 0.613. The second-order valence-electron chi connectivity index (χ2n) is 3.84. The molecular formula is C13H17NO6. The summed E-state index contributed by atoms with van der Waals surface area (Å²) in [5, 5.41) is 2.25. The fraction of sp³-hybridized carbons (Fsp3) is 0.462. The van der Waals surface area contributed by atoms with Gasteiger partial charge in [-0.25, -0.2) is 9.59 Å². The standard InChI is InChI=1S/C13H17NO6/c1-4-18-12(16)9(13(17)19-5-2)14-11(15)10-8(3)6-7-20-10/h6-7,9H,4-5H2,1-3H3,(H,14,15). The number of hydrogen-bond acceptors (Lipinski definition) is 6. The summed E-state index contributed by atoms with van der Waals surface area (Å²) in [7, 11) is 0. The van der Waals surface area contributed by atoms with Crippen LogP contribution in [0.4, 0.5) is 0 Å². The second-order valence-corrected chi connectivity index (χ2v) is 3.84. The second kappa shape index (κ2) is 7.32. The van der Waals surface area contributed by atoms with E-state index in [-0.39, 0.29) is 19.0 Å². The molecule has 0 saturated carbocycles. The monoisotopic (exact) mass is 283 g/mol. The van der Waals surface area contributed by atoms with E-state index in [0.29, 0.717) is 5.56 Å². The van der Waals surface area contributed by atoms with Gasteiger partial charge in [-0.2, -0.15) is 0 Å². The maximum Gasteiger partial charge on any atom is 0.340 e. The first-order chi connectivity index (χ1) is 9.51. The molecule has 0 aliphatic carbocycles. The molecule has 0 saturated heterocycles. The third-order valence-electron chi connectivity index (χ3n) is 2.39. The fourth-order valence-corrected chi connectivity index (χ4v) is 1.47. The highest BCUT2D eigenvalue weighted by Crippen LogP contribution is 2.09. The molecule has 1 N–H and O–H groups in total. The lowest BCUT2D eigenvalue weighted by Gasteiger charge is -2.15. The Bertz CT molecular complexity index is 475. The molecule has 1 amide bonds. The van der Waals surface area contributed by atoms with Crippen molar-refractivity contribution < 1.29 is 28.3 Å². The van der Waals surface area contributed by atoms with Gasteiger partial charge in [0.15, 0.2) is 5.76 Å². The molecule has 0 spiro atoms. The molecule has 0 bridgehead atoms. The van der Waals surface area contributed by atoms with Crippen LogP contribution < -0.4 is 5.32 Å². The Morgan fingerprint density at radius 3 is 2.15 bits per heavy atom. The average Bonchev–Trinajstić information content (AvgIpc) is 2.82. The molecule has 20 heavy (non-hydrogen) atoms. The summed E-state index contributed by atoms with van der Waals surface area (Å²) in [4.78, 5) is 35.3. The van der Waals surface area contributed by atoms with Crippen LogP contribution in [0.15, 0.2) is 16.7 Å². The van der Waals surface area contributed by atoms with E-state index in [4.69, 9.17) is 13.9 Å². The van der Waals surface area contributed by atoms with E-state index >= 15 is 0 Å². The van der Waals surface area contributed by atoms with Crippen LogP contribution >= 0.6 is 0 Å². The molecule has 0 aliphatic heterocycles. The molecule has 0 atom stereocenters. The maximum absolute atomic E-state index is 11.9. The van der Waals surface area contributed by atoms with Crippen LogP contribution in [0.25, 0.3) is 0 Å². The summed E-state index contributed by atoms with van der Waals surface area (Å²) in [5.41, 5.74) is 0.592. The molecule has 0 radical (unpaired) electrons. The molecule has 7 heteroatoms. The van der Waals surface area contributed by atoms with Crippen molar-refractivity contribution in [1.82, 2.24) is 5.32 Å². The molecule has 1 aromatic rings. The number of carbonyl (C=O) groups excluding carboxylic acids is 3. The normalized spacial score (nSPS) is 10.2. The average molecular weight is 283 g/mol. The maximum atomic E-state index is 11.9. The molecule has 110 valence electrons. The van der Waals surface area contributed by atoms with Crippen molar-refractivity contribution in [2.75, 3.05) is 13.2 Å². The van der Waals surface area contributed by atoms with E-state index < -0.39 is 23.9 Å². The number of rotatable bonds is 6. The minimum atomic E-state index is -1.51. The number of esters is 2. The Hall–Kier alpha value is -2.31. The lowest BCUT2D eigenvalue weighted by Crippen LogP contribution is -2.48. The number of nitrogens with one attached hydrogen (secondary N) is 1. The summed E-state index contributed by atoms with van der Waals surface area (Å²) >= 11 is 0. The van der Waals surface area contributed by atoms with Crippen LogP contribution in [-0.4, -0.2) is 37.1 Å². The first-order valence-corrected chi connectivity index (χ1v) is 6.19. The molecule has 7 nitrogen and oxygen atoms in total. The van der Waals surface area contributed by atoms with Gasteiger partial charge in [0, 0.05) is 5.56 Å². The molecular weight excluding hydrogens is 266 g/mol. The highest BCUT2D eigenvalue weighted by Gasteiger charge is 2.32. The van der Waals surface area contributed by atoms with E-state index in [1.807, 2.05) is 0 Å². The first kappa shape index (κ1) is 15.7. The first-order valence-electron chi connectivity index (χ1n) is 6.19. The number of aryl methyl sites for hydroxylation is 1. The molecule has 0 fully saturated rings. The minimum Gasteiger partial charge on any atom is -0.464 e. The van der Waals surface area contributed by atoms with Gasteiger partial charge in [0.25, 0.3) is 5.91 Å². The molecule has 0 unspecified atom stereocenters. The summed E-state index contributed by atoms with van der Waals surface area (Å²) in [5.74, 6) is -2.39. The van der Waals surface area contributed by atoms with E-state index in [1.165, 1.54) is 6.26 Å². The van der Waals surface area contributed by atoms with E-state index in [9.17, 15) is 14.4 Å². The van der Waals surface area contributed by atoms with Crippen LogP contribution in [-0.2, 0) is 19.1 Å². The van der Waals surface area contributed by atoms with Crippen molar-refractivity contribution in [2.24, 2.45) is 0 Å². The Kier molecular flexibility index (Phi) is 5.76. The van der Waals surface area contributed by atoms with E-state index in [0.717, 1.165) is 0 Å². The molecule has 0 aliphatic rings. The van der Waals surface area contributed by atoms with Gasteiger partial charge < -0.3 is 19.2 Å². The zero-order chi connectivity index (χ0) is 15.1. The summed E-state index contributed by atoms with van der Waals surface area (Å²) in [6, 6.07) is 0.0884. The topological polar surface area (TPSA) is 94.8 Å². The van der Waals surface area contributed by atoms with E-state index in [1.54, 1.807) is 26.8 Å². The lowest BCUT2D eigenvalue weighted by molar-refractivity contribution is -0.157. The zero-order valence-electron chi connectivity index (χ0n) is 11.6. The van der Waals surface area contributed by atoms with Gasteiger partial charge >= 0.3 is 11.9 Å². The van der Waals surface area contributed by atoms with Crippen molar-refractivity contribution in [3.8, 4) is 0 Å². The Morgan fingerprint density at radius 2 is 1.75 bits per heavy atom. The zero-order valence-corrected chi connectivity index (χ0v) is 11.6. The third kappa shape index (κ3) is 3.84. The highest BCUT2D eigenvalue weighted by atomic mass is 16.6.